The summed E-state index contributed by atoms with van der Waals surface area (Å²) in [4.78, 5) is 32.1. The first kappa shape index (κ1) is 36.2. The molecule has 4 N–H and O–H groups in total. The first-order chi connectivity index (χ1) is 23.5. The van der Waals surface area contributed by atoms with Crippen molar-refractivity contribution in [2.75, 3.05) is 35.8 Å². The van der Waals surface area contributed by atoms with Crippen LogP contribution in [0.15, 0.2) is 72.9 Å². The van der Waals surface area contributed by atoms with Crippen LogP contribution in [0, 0.1) is 6.92 Å². The molecular weight excluding hydrogens is 677 g/mol. The molecule has 0 aliphatic carbocycles. The van der Waals surface area contributed by atoms with E-state index in [0.717, 1.165) is 33.9 Å². The van der Waals surface area contributed by atoms with Crippen LogP contribution in [0.5, 0.6) is 11.5 Å². The lowest BCUT2D eigenvalue weighted by Gasteiger charge is -2.24. The molecule has 0 saturated carbocycles. The zero-order valence-corrected chi connectivity index (χ0v) is 30.5. The van der Waals surface area contributed by atoms with E-state index in [1.165, 1.54) is 14.2 Å². The highest BCUT2D eigenvalue weighted by Gasteiger charge is 2.23. The van der Waals surface area contributed by atoms with Crippen LogP contribution in [0.2, 0.25) is 0 Å². The van der Waals surface area contributed by atoms with Gasteiger partial charge in [-0.25, -0.2) is 18.4 Å². The van der Waals surface area contributed by atoms with E-state index in [-0.39, 0.29) is 23.0 Å². The lowest BCUT2D eigenvalue weighted by Crippen LogP contribution is -2.18. The molecular formula is C36H39N5O7PS+. The number of aromatic nitrogens is 2. The second kappa shape index (κ2) is 14.4. The lowest BCUT2D eigenvalue weighted by atomic mass is 9.86. The molecule has 4 aromatic carbocycles. The first-order valence-corrected chi connectivity index (χ1v) is 18.8. The molecule has 0 aliphatic rings. The molecule has 14 heteroatoms. The number of methoxy groups -OCH3 is 2. The van der Waals surface area contributed by atoms with Gasteiger partial charge in [-0.05, 0) is 87.7 Å². The van der Waals surface area contributed by atoms with Crippen LogP contribution in [-0.2, 0) is 26.2 Å². The number of hydrogen-bond acceptors (Lipinski definition) is 9. The Morgan fingerprint density at radius 1 is 0.960 bits per heavy atom. The van der Waals surface area contributed by atoms with Crippen molar-refractivity contribution >= 4 is 57.9 Å². The number of sulfonamides is 1. The molecule has 0 radical (unpaired) electrons. The molecule has 12 nitrogen and oxygen atoms in total. The van der Waals surface area contributed by atoms with Gasteiger partial charge in [-0.2, -0.15) is 4.89 Å². The van der Waals surface area contributed by atoms with E-state index in [1.807, 2.05) is 58.0 Å². The SMILES string of the molecule is COc1cc(Nc2ncc3cc(-c4cc(C(=O)Nc5cc(C(C)(C)C)cc(NS(C)(=O)=O)c5OC)ccc4C)ccc3n2)ccc1C[P+](=O)O. The standard InChI is InChI=1S/C36H38N5O7PS/c1-21-8-9-23(34(42)39-30-16-26(36(2,3)4)17-31(33(30)48-6)41-50(7,45)46)15-28(21)22-11-13-29-25(14-22)19-37-35(40-29)38-27-12-10-24(20-49(43)44)32(18-27)47-5/h8-19,41H,20H2,1-7H3,(H2-,37,38,39,40,42,43,44)/p+1. The highest BCUT2D eigenvalue weighted by atomic mass is 32.2. The molecule has 5 rings (SSSR count). The Labute approximate surface area is 292 Å². The Kier molecular flexibility index (Phi) is 10.4. The van der Waals surface area contributed by atoms with Crippen molar-refractivity contribution in [3.8, 4) is 22.6 Å². The van der Waals surface area contributed by atoms with Gasteiger partial charge < -0.3 is 20.1 Å². The number of carbonyl (C=O) groups excluding carboxylic acids is 1. The highest BCUT2D eigenvalue weighted by Crippen LogP contribution is 2.40. The molecule has 1 amide bonds. The van der Waals surface area contributed by atoms with Gasteiger partial charge >= 0.3 is 8.03 Å². The largest absolute Gasteiger partial charge is 0.510 e. The monoisotopic (exact) mass is 716 g/mol. The van der Waals surface area contributed by atoms with E-state index in [4.69, 9.17) is 9.47 Å². The zero-order chi connectivity index (χ0) is 36.4. The fourth-order valence-corrected chi connectivity index (χ4v) is 6.51. The molecule has 1 atom stereocenters. The number of aryl methyl sites for hydroxylation is 1. The van der Waals surface area contributed by atoms with Gasteiger partial charge in [0, 0.05) is 34.5 Å². The maximum atomic E-state index is 13.7. The summed E-state index contributed by atoms with van der Waals surface area (Å²) in [6.07, 6.45) is 2.76. The Balaban J connectivity index is 1.42. The van der Waals surface area contributed by atoms with Crippen LogP contribution in [0.4, 0.5) is 23.0 Å². The van der Waals surface area contributed by atoms with Crippen molar-refractivity contribution in [1.82, 2.24) is 9.97 Å². The number of rotatable bonds is 11. The predicted octanol–water partition coefficient (Wildman–Crippen LogP) is 7.52. The average Bonchev–Trinajstić information content (AvgIpc) is 3.04. The molecule has 1 aromatic heterocycles. The normalized spacial score (nSPS) is 12.0. The van der Waals surface area contributed by atoms with Gasteiger partial charge in [0.25, 0.3) is 5.91 Å². The van der Waals surface area contributed by atoms with Crippen LogP contribution < -0.4 is 24.8 Å². The third kappa shape index (κ3) is 8.54. The number of hydrogen-bond donors (Lipinski definition) is 4. The van der Waals surface area contributed by atoms with E-state index in [2.05, 4.69) is 25.3 Å². The smallest absolute Gasteiger partial charge is 0.496 e. The summed E-state index contributed by atoms with van der Waals surface area (Å²) in [6.45, 7) is 7.93. The van der Waals surface area contributed by atoms with Crippen LogP contribution in [0.25, 0.3) is 22.0 Å². The maximum Gasteiger partial charge on any atom is 0.510 e. The molecule has 0 fully saturated rings. The van der Waals surface area contributed by atoms with Crippen molar-refractivity contribution in [3.05, 3.63) is 95.2 Å². The Bertz CT molecular complexity index is 2240. The zero-order valence-electron chi connectivity index (χ0n) is 28.8. The molecule has 260 valence electrons. The van der Waals surface area contributed by atoms with Gasteiger partial charge in [0.2, 0.25) is 22.1 Å². The summed E-state index contributed by atoms with van der Waals surface area (Å²) in [5.74, 6) is 0.651. The number of nitrogens with zero attached hydrogens (tertiary/aromatic N) is 2. The van der Waals surface area contributed by atoms with E-state index in [9.17, 15) is 22.7 Å². The third-order valence-corrected chi connectivity index (χ3v) is 9.14. The number of nitrogens with one attached hydrogen (secondary N) is 3. The lowest BCUT2D eigenvalue weighted by molar-refractivity contribution is 0.102. The molecule has 0 bridgehead atoms. The summed E-state index contributed by atoms with van der Waals surface area (Å²) < 4.78 is 49.0. The molecule has 0 saturated heterocycles. The van der Waals surface area contributed by atoms with Crippen LogP contribution >= 0.6 is 8.03 Å². The van der Waals surface area contributed by atoms with E-state index in [0.29, 0.717) is 39.7 Å². The summed E-state index contributed by atoms with van der Waals surface area (Å²) in [7, 11) is -3.05. The Hall–Kier alpha value is -5.10. The van der Waals surface area contributed by atoms with Crippen LogP contribution in [0.1, 0.15) is 47.8 Å². The average molecular weight is 717 g/mol. The van der Waals surface area contributed by atoms with Crippen molar-refractivity contribution in [1.29, 1.82) is 0 Å². The molecule has 5 aromatic rings. The second-order valence-corrected chi connectivity index (χ2v) is 15.6. The fraction of sp³-hybridized carbons (Fsp3) is 0.250. The van der Waals surface area contributed by atoms with Crippen molar-refractivity contribution in [2.45, 2.75) is 39.3 Å². The first-order valence-electron chi connectivity index (χ1n) is 15.5. The maximum absolute atomic E-state index is 13.7. The summed E-state index contributed by atoms with van der Waals surface area (Å²) in [5, 5.41) is 6.88. The quantitative estimate of drug-likeness (QED) is 0.100. The van der Waals surface area contributed by atoms with Gasteiger partial charge in [-0.3, -0.25) is 9.52 Å². The van der Waals surface area contributed by atoms with Gasteiger partial charge in [-0.15, -0.1) is 0 Å². The third-order valence-electron chi connectivity index (χ3n) is 7.94. The summed E-state index contributed by atoms with van der Waals surface area (Å²) >= 11 is 0. The number of amides is 1. The molecule has 1 unspecified atom stereocenters. The summed E-state index contributed by atoms with van der Waals surface area (Å²) in [6, 6.07) is 19.9. The number of fused-ring (bicyclic) bond motifs is 1. The van der Waals surface area contributed by atoms with Crippen molar-refractivity contribution in [2.24, 2.45) is 0 Å². The van der Waals surface area contributed by atoms with E-state index in [1.54, 1.807) is 42.6 Å². The second-order valence-electron chi connectivity index (χ2n) is 12.8. The minimum Gasteiger partial charge on any atom is -0.496 e. The van der Waals surface area contributed by atoms with Gasteiger partial charge in [0.1, 0.15) is 5.75 Å². The molecule has 1 heterocycles. The van der Waals surface area contributed by atoms with Crippen LogP contribution in [0.3, 0.4) is 0 Å². The predicted molar refractivity (Wildman–Crippen MR) is 198 cm³/mol. The topological polar surface area (TPSA) is 169 Å². The minimum absolute atomic E-state index is 0.00737. The number of anilines is 4. The molecule has 0 aliphatic heterocycles. The molecule has 0 spiro atoms. The van der Waals surface area contributed by atoms with Crippen molar-refractivity contribution in [3.63, 3.8) is 0 Å². The van der Waals surface area contributed by atoms with E-state index >= 15 is 0 Å². The number of benzene rings is 4. The van der Waals surface area contributed by atoms with Gasteiger partial charge in [-0.1, -0.05) is 32.9 Å². The van der Waals surface area contributed by atoms with Gasteiger partial charge in [0.15, 0.2) is 5.75 Å². The molecule has 50 heavy (non-hydrogen) atoms. The Morgan fingerprint density at radius 2 is 1.70 bits per heavy atom. The van der Waals surface area contributed by atoms with E-state index < -0.39 is 24.0 Å². The van der Waals surface area contributed by atoms with Crippen molar-refractivity contribution < 1.29 is 32.1 Å². The number of ether oxygens (including phenoxy) is 2. The summed E-state index contributed by atoms with van der Waals surface area (Å²) in [5.41, 5.74) is 6.05. The Morgan fingerprint density at radius 3 is 2.36 bits per heavy atom. The van der Waals surface area contributed by atoms with Crippen LogP contribution in [-0.4, -0.2) is 49.7 Å². The fourth-order valence-electron chi connectivity index (χ4n) is 5.41. The van der Waals surface area contributed by atoms with Gasteiger partial charge in [0.05, 0.1) is 37.4 Å². The number of carbonyl (C=O) groups is 1. The highest BCUT2D eigenvalue weighted by molar-refractivity contribution is 7.92. The minimum atomic E-state index is -3.63.